The molecular weight excluding hydrogens is 186 g/mol. The lowest BCUT2D eigenvalue weighted by atomic mass is 10.00. The molecule has 0 aromatic heterocycles. The van der Waals surface area contributed by atoms with Crippen molar-refractivity contribution in [1.82, 2.24) is 0 Å². The van der Waals surface area contributed by atoms with Gasteiger partial charge >= 0.3 is 0 Å². The van der Waals surface area contributed by atoms with Crippen LogP contribution in [-0.4, -0.2) is 12.3 Å². The zero-order valence-corrected chi connectivity index (χ0v) is 9.55. The normalized spacial score (nSPS) is 10.3. The molecule has 0 radical (unpaired) electrons. The van der Waals surface area contributed by atoms with Gasteiger partial charge in [0.1, 0.15) is 0 Å². The molecule has 0 heterocycles. The number of nitrogens with two attached hydrogens (primary N) is 1. The van der Waals surface area contributed by atoms with Crippen LogP contribution in [0.4, 0.5) is 0 Å². The summed E-state index contributed by atoms with van der Waals surface area (Å²) in [6.45, 7) is 4.35. The van der Waals surface area contributed by atoms with Crippen molar-refractivity contribution in [2.45, 2.75) is 33.1 Å². The predicted molar refractivity (Wildman–Crippen MR) is 63.2 cm³/mol. The van der Waals surface area contributed by atoms with Crippen LogP contribution >= 0.6 is 0 Å². The third-order valence-electron chi connectivity index (χ3n) is 2.59. The summed E-state index contributed by atoms with van der Waals surface area (Å²) in [5.74, 6) is 0.140. The van der Waals surface area contributed by atoms with Gasteiger partial charge in [-0.05, 0) is 50.8 Å². The van der Waals surface area contributed by atoms with E-state index in [4.69, 9.17) is 5.73 Å². The second-order valence-electron chi connectivity index (χ2n) is 3.95. The number of benzene rings is 1. The van der Waals surface area contributed by atoms with Gasteiger partial charge in [-0.25, -0.2) is 0 Å². The van der Waals surface area contributed by atoms with Crippen LogP contribution in [0.1, 0.15) is 41.3 Å². The van der Waals surface area contributed by atoms with Crippen LogP contribution in [0.15, 0.2) is 18.2 Å². The van der Waals surface area contributed by atoms with E-state index in [0.717, 1.165) is 36.9 Å². The molecule has 0 aliphatic heterocycles. The van der Waals surface area contributed by atoms with Crippen molar-refractivity contribution in [2.75, 3.05) is 6.54 Å². The molecule has 2 N–H and O–H groups in total. The molecular formula is C13H19NO. The fraction of sp³-hybridized carbons (Fsp3) is 0.462. The minimum Gasteiger partial charge on any atom is -0.330 e. The van der Waals surface area contributed by atoms with Crippen LogP contribution in [-0.2, 0) is 6.42 Å². The highest BCUT2D eigenvalue weighted by molar-refractivity contribution is 5.95. The van der Waals surface area contributed by atoms with Gasteiger partial charge in [0, 0.05) is 5.56 Å². The van der Waals surface area contributed by atoms with E-state index in [1.54, 1.807) is 6.92 Å². The maximum Gasteiger partial charge on any atom is 0.160 e. The van der Waals surface area contributed by atoms with Gasteiger partial charge in [-0.1, -0.05) is 18.2 Å². The molecule has 0 saturated carbocycles. The van der Waals surface area contributed by atoms with Crippen LogP contribution in [0.2, 0.25) is 0 Å². The quantitative estimate of drug-likeness (QED) is 0.592. The summed E-state index contributed by atoms with van der Waals surface area (Å²) in [5.41, 5.74) is 8.65. The maximum atomic E-state index is 11.2. The fourth-order valence-electron chi connectivity index (χ4n) is 1.75. The number of Topliss-reactive ketones (excluding diaryl/α,β-unsaturated/α-hetero) is 1. The first-order valence-electron chi connectivity index (χ1n) is 5.45. The lowest BCUT2D eigenvalue weighted by molar-refractivity contribution is 0.101. The Labute approximate surface area is 91.5 Å². The first-order valence-corrected chi connectivity index (χ1v) is 5.45. The Morgan fingerprint density at radius 3 is 2.60 bits per heavy atom. The fourth-order valence-corrected chi connectivity index (χ4v) is 1.75. The highest BCUT2D eigenvalue weighted by atomic mass is 16.1. The van der Waals surface area contributed by atoms with E-state index in [2.05, 4.69) is 6.07 Å². The molecule has 1 aromatic rings. The minimum atomic E-state index is 0.140. The molecule has 0 spiro atoms. The Morgan fingerprint density at radius 1 is 1.33 bits per heavy atom. The van der Waals surface area contributed by atoms with Gasteiger partial charge in [0.15, 0.2) is 5.78 Å². The largest absolute Gasteiger partial charge is 0.330 e. The minimum absolute atomic E-state index is 0.140. The molecule has 0 aliphatic rings. The van der Waals surface area contributed by atoms with E-state index in [-0.39, 0.29) is 5.78 Å². The molecule has 0 bridgehead atoms. The first-order chi connectivity index (χ1) is 7.15. The van der Waals surface area contributed by atoms with Crippen molar-refractivity contribution >= 4 is 5.78 Å². The Morgan fingerprint density at radius 2 is 2.07 bits per heavy atom. The van der Waals surface area contributed by atoms with Crippen LogP contribution in [0.25, 0.3) is 0 Å². The van der Waals surface area contributed by atoms with Gasteiger partial charge in [-0.15, -0.1) is 0 Å². The molecule has 0 saturated heterocycles. The number of hydrogen-bond donors (Lipinski definition) is 1. The van der Waals surface area contributed by atoms with E-state index >= 15 is 0 Å². The van der Waals surface area contributed by atoms with Crippen molar-refractivity contribution in [3.63, 3.8) is 0 Å². The van der Waals surface area contributed by atoms with Crippen LogP contribution in [0, 0.1) is 6.92 Å². The lowest BCUT2D eigenvalue weighted by Crippen LogP contribution is -2.00. The monoisotopic (exact) mass is 205 g/mol. The van der Waals surface area contributed by atoms with Crippen molar-refractivity contribution < 1.29 is 4.79 Å². The predicted octanol–water partition coefficient (Wildman–Crippen LogP) is 2.48. The Balaban J connectivity index is 2.69. The SMILES string of the molecule is CC(=O)c1ccc(CCCCN)cc1C. The summed E-state index contributed by atoms with van der Waals surface area (Å²) in [6.07, 6.45) is 3.24. The van der Waals surface area contributed by atoms with Crippen LogP contribution < -0.4 is 5.73 Å². The molecule has 0 fully saturated rings. The first kappa shape index (κ1) is 11.9. The molecule has 0 amide bonds. The Hall–Kier alpha value is -1.15. The molecule has 0 unspecified atom stereocenters. The number of rotatable bonds is 5. The zero-order valence-electron chi connectivity index (χ0n) is 9.55. The average Bonchev–Trinajstić information content (AvgIpc) is 2.17. The summed E-state index contributed by atoms with van der Waals surface area (Å²) in [5, 5.41) is 0. The summed E-state index contributed by atoms with van der Waals surface area (Å²) < 4.78 is 0. The van der Waals surface area contributed by atoms with Crippen molar-refractivity contribution in [2.24, 2.45) is 5.73 Å². The van der Waals surface area contributed by atoms with Crippen molar-refractivity contribution in [1.29, 1.82) is 0 Å². The van der Waals surface area contributed by atoms with E-state index in [1.807, 2.05) is 19.1 Å². The third-order valence-corrected chi connectivity index (χ3v) is 2.59. The lowest BCUT2D eigenvalue weighted by Gasteiger charge is -2.05. The molecule has 1 rings (SSSR count). The second-order valence-corrected chi connectivity index (χ2v) is 3.95. The molecule has 82 valence electrons. The van der Waals surface area contributed by atoms with Gasteiger partial charge in [-0.3, -0.25) is 4.79 Å². The summed E-state index contributed by atoms with van der Waals surface area (Å²) in [7, 11) is 0. The number of carbonyl (C=O) groups is 1. The van der Waals surface area contributed by atoms with Crippen LogP contribution in [0.5, 0.6) is 0 Å². The second kappa shape index (κ2) is 5.66. The van der Waals surface area contributed by atoms with Gasteiger partial charge in [-0.2, -0.15) is 0 Å². The number of aryl methyl sites for hydroxylation is 2. The number of hydrogen-bond acceptors (Lipinski definition) is 2. The smallest absolute Gasteiger partial charge is 0.160 e. The standard InChI is InChI=1S/C13H19NO/c1-10-9-12(5-3-4-8-14)6-7-13(10)11(2)15/h6-7,9H,3-5,8,14H2,1-2H3. The molecule has 0 atom stereocenters. The van der Waals surface area contributed by atoms with Crippen LogP contribution in [0.3, 0.4) is 0 Å². The average molecular weight is 205 g/mol. The summed E-state index contributed by atoms with van der Waals surface area (Å²) in [4.78, 5) is 11.2. The molecule has 1 aromatic carbocycles. The Bertz CT molecular complexity index is 344. The zero-order chi connectivity index (χ0) is 11.3. The highest BCUT2D eigenvalue weighted by Gasteiger charge is 2.03. The maximum absolute atomic E-state index is 11.2. The van der Waals surface area contributed by atoms with Gasteiger partial charge in [0.2, 0.25) is 0 Å². The van der Waals surface area contributed by atoms with E-state index in [1.165, 1.54) is 5.56 Å². The number of carbonyl (C=O) groups excluding carboxylic acids is 1. The number of ketones is 1. The van der Waals surface area contributed by atoms with Gasteiger partial charge in [0.05, 0.1) is 0 Å². The van der Waals surface area contributed by atoms with E-state index in [9.17, 15) is 4.79 Å². The Kier molecular flexibility index (Phi) is 4.50. The number of unbranched alkanes of at least 4 members (excludes halogenated alkanes) is 1. The van der Waals surface area contributed by atoms with Gasteiger partial charge < -0.3 is 5.73 Å². The summed E-state index contributed by atoms with van der Waals surface area (Å²) >= 11 is 0. The molecule has 2 heteroatoms. The topological polar surface area (TPSA) is 43.1 Å². The molecule has 2 nitrogen and oxygen atoms in total. The molecule has 0 aliphatic carbocycles. The van der Waals surface area contributed by atoms with Crippen molar-refractivity contribution in [3.8, 4) is 0 Å². The van der Waals surface area contributed by atoms with E-state index < -0.39 is 0 Å². The summed E-state index contributed by atoms with van der Waals surface area (Å²) in [6, 6.07) is 6.07. The third kappa shape index (κ3) is 3.48. The van der Waals surface area contributed by atoms with E-state index in [0.29, 0.717) is 0 Å². The highest BCUT2D eigenvalue weighted by Crippen LogP contribution is 2.13. The van der Waals surface area contributed by atoms with Gasteiger partial charge in [0.25, 0.3) is 0 Å². The van der Waals surface area contributed by atoms with Crippen molar-refractivity contribution in [3.05, 3.63) is 34.9 Å². The molecule has 15 heavy (non-hydrogen) atoms.